The lowest BCUT2D eigenvalue weighted by Crippen LogP contribution is -1.96. The first-order chi connectivity index (χ1) is 5.59. The van der Waals surface area contributed by atoms with Gasteiger partial charge in [-0.15, -0.1) is 0 Å². The summed E-state index contributed by atoms with van der Waals surface area (Å²) in [5.41, 5.74) is 5.24. The van der Waals surface area contributed by atoms with Crippen molar-refractivity contribution in [3.8, 4) is 0 Å². The van der Waals surface area contributed by atoms with Crippen LogP contribution in [0.15, 0.2) is 48.9 Å². The molecule has 0 saturated heterocycles. The SMILES string of the molecule is C=C(N)/C(O)=C\C.C=C/C=C\C. The minimum atomic E-state index is 0.0556. The van der Waals surface area contributed by atoms with Crippen LogP contribution >= 0.6 is 0 Å². The molecule has 0 rings (SSSR count). The Hall–Kier alpha value is -1.44. The molecule has 0 unspecified atom stereocenters. The number of allylic oxidation sites excluding steroid dienone is 4. The monoisotopic (exact) mass is 167 g/mol. The topological polar surface area (TPSA) is 46.2 Å². The van der Waals surface area contributed by atoms with Crippen LogP contribution in [0.25, 0.3) is 0 Å². The average molecular weight is 167 g/mol. The first-order valence-corrected chi connectivity index (χ1v) is 3.63. The Morgan fingerprint density at radius 2 is 1.92 bits per heavy atom. The third kappa shape index (κ3) is 11.4. The van der Waals surface area contributed by atoms with Crippen molar-refractivity contribution in [1.82, 2.24) is 0 Å². The van der Waals surface area contributed by atoms with E-state index in [1.54, 1.807) is 13.0 Å². The predicted molar refractivity (Wildman–Crippen MR) is 54.7 cm³/mol. The highest BCUT2D eigenvalue weighted by Crippen LogP contribution is 1.92. The Morgan fingerprint density at radius 3 is 1.92 bits per heavy atom. The third-order valence-electron chi connectivity index (χ3n) is 0.931. The molecule has 0 aliphatic carbocycles. The van der Waals surface area contributed by atoms with E-state index < -0.39 is 0 Å². The van der Waals surface area contributed by atoms with Crippen LogP contribution in [0.4, 0.5) is 0 Å². The largest absolute Gasteiger partial charge is 0.506 e. The molecule has 0 radical (unpaired) electrons. The molecule has 68 valence electrons. The molecule has 0 spiro atoms. The number of rotatable bonds is 2. The molecule has 3 N–H and O–H groups in total. The van der Waals surface area contributed by atoms with Crippen molar-refractivity contribution in [1.29, 1.82) is 0 Å². The van der Waals surface area contributed by atoms with E-state index in [9.17, 15) is 0 Å². The van der Waals surface area contributed by atoms with E-state index in [2.05, 4.69) is 13.2 Å². The zero-order valence-electron chi connectivity index (χ0n) is 7.75. The molecule has 2 heteroatoms. The van der Waals surface area contributed by atoms with Crippen molar-refractivity contribution in [3.05, 3.63) is 48.9 Å². The van der Waals surface area contributed by atoms with Crippen LogP contribution in [0, 0.1) is 0 Å². The Balaban J connectivity index is 0. The fourth-order valence-electron chi connectivity index (χ4n) is 0.321. The minimum Gasteiger partial charge on any atom is -0.506 e. The Morgan fingerprint density at radius 1 is 1.42 bits per heavy atom. The number of hydrogen-bond donors (Lipinski definition) is 2. The molecule has 2 nitrogen and oxygen atoms in total. The zero-order valence-corrected chi connectivity index (χ0v) is 7.75. The van der Waals surface area contributed by atoms with Crippen molar-refractivity contribution in [2.45, 2.75) is 13.8 Å². The molecule has 0 fully saturated rings. The quantitative estimate of drug-likeness (QED) is 0.490. The van der Waals surface area contributed by atoms with E-state index >= 15 is 0 Å². The highest BCUT2D eigenvalue weighted by Gasteiger charge is 1.85. The van der Waals surface area contributed by atoms with Crippen molar-refractivity contribution < 1.29 is 5.11 Å². The average Bonchev–Trinajstić information content (AvgIpc) is 2.05. The van der Waals surface area contributed by atoms with Gasteiger partial charge in [0.25, 0.3) is 0 Å². The van der Waals surface area contributed by atoms with E-state index in [1.807, 2.05) is 19.1 Å². The lowest BCUT2D eigenvalue weighted by atomic mass is 10.4. The van der Waals surface area contributed by atoms with Crippen molar-refractivity contribution in [2.24, 2.45) is 5.73 Å². The molecular formula is C10H17NO. The van der Waals surface area contributed by atoms with Gasteiger partial charge in [0, 0.05) is 0 Å². The maximum atomic E-state index is 8.57. The zero-order chi connectivity index (χ0) is 9.98. The molecule has 0 aliphatic heterocycles. The van der Waals surface area contributed by atoms with Crippen LogP contribution in [0.3, 0.4) is 0 Å². The molecular weight excluding hydrogens is 150 g/mol. The summed E-state index contributed by atoms with van der Waals surface area (Å²) < 4.78 is 0. The van der Waals surface area contributed by atoms with Gasteiger partial charge in [0.05, 0.1) is 5.70 Å². The Bertz CT molecular complexity index is 190. The van der Waals surface area contributed by atoms with Gasteiger partial charge >= 0.3 is 0 Å². The van der Waals surface area contributed by atoms with Gasteiger partial charge in [-0.3, -0.25) is 0 Å². The summed E-state index contributed by atoms with van der Waals surface area (Å²) in [5.74, 6) is 0.0556. The second-order valence-corrected chi connectivity index (χ2v) is 1.96. The van der Waals surface area contributed by atoms with Gasteiger partial charge in [0.2, 0.25) is 0 Å². The summed E-state index contributed by atoms with van der Waals surface area (Å²) in [4.78, 5) is 0. The highest BCUT2D eigenvalue weighted by atomic mass is 16.3. The lowest BCUT2D eigenvalue weighted by Gasteiger charge is -1.91. The van der Waals surface area contributed by atoms with E-state index in [0.29, 0.717) is 0 Å². The van der Waals surface area contributed by atoms with Gasteiger partial charge in [0.15, 0.2) is 0 Å². The van der Waals surface area contributed by atoms with Gasteiger partial charge in [-0.25, -0.2) is 0 Å². The molecule has 12 heavy (non-hydrogen) atoms. The van der Waals surface area contributed by atoms with Crippen LogP contribution in [0.1, 0.15) is 13.8 Å². The molecule has 0 aromatic rings. The highest BCUT2D eigenvalue weighted by molar-refractivity contribution is 5.15. The molecule has 0 aromatic carbocycles. The maximum Gasteiger partial charge on any atom is 0.133 e. The van der Waals surface area contributed by atoms with E-state index in [1.165, 1.54) is 6.08 Å². The summed E-state index contributed by atoms with van der Waals surface area (Å²) in [7, 11) is 0. The first kappa shape index (κ1) is 13.2. The molecule has 0 aromatic heterocycles. The van der Waals surface area contributed by atoms with Crippen LogP contribution in [0.5, 0.6) is 0 Å². The van der Waals surface area contributed by atoms with Crippen LogP contribution < -0.4 is 5.73 Å². The van der Waals surface area contributed by atoms with Gasteiger partial charge in [-0.1, -0.05) is 31.4 Å². The summed E-state index contributed by atoms with van der Waals surface area (Å²) in [5, 5.41) is 8.57. The van der Waals surface area contributed by atoms with Crippen LogP contribution in [-0.4, -0.2) is 5.11 Å². The van der Waals surface area contributed by atoms with Gasteiger partial charge in [0.1, 0.15) is 5.76 Å². The molecule has 0 atom stereocenters. The molecule has 0 amide bonds. The molecule has 0 heterocycles. The predicted octanol–water partition coefficient (Wildman–Crippen LogP) is 2.67. The third-order valence-corrected chi connectivity index (χ3v) is 0.931. The van der Waals surface area contributed by atoms with Gasteiger partial charge in [-0.2, -0.15) is 0 Å². The first-order valence-electron chi connectivity index (χ1n) is 3.63. The second kappa shape index (κ2) is 9.56. The van der Waals surface area contributed by atoms with Crippen molar-refractivity contribution in [2.75, 3.05) is 0 Å². The lowest BCUT2D eigenvalue weighted by molar-refractivity contribution is 0.421. The number of hydrogen-bond acceptors (Lipinski definition) is 2. The van der Waals surface area contributed by atoms with E-state index in [4.69, 9.17) is 10.8 Å². The fraction of sp³-hybridized carbons (Fsp3) is 0.200. The minimum absolute atomic E-state index is 0.0556. The number of aliphatic hydroxyl groups is 1. The van der Waals surface area contributed by atoms with Crippen LogP contribution in [-0.2, 0) is 0 Å². The Labute approximate surface area is 74.4 Å². The summed E-state index contributed by atoms with van der Waals surface area (Å²) >= 11 is 0. The van der Waals surface area contributed by atoms with Gasteiger partial charge in [-0.05, 0) is 19.9 Å². The molecule has 0 bridgehead atoms. The standard InChI is InChI=1S/C5H9NO.C5H8/c1-3-5(7)4(2)6;1-3-5-4-2/h3,7H,2,6H2,1H3;3-5H,1H2,2H3/b5-3+;5-4-. The maximum absolute atomic E-state index is 8.57. The summed E-state index contributed by atoms with van der Waals surface area (Å²) in [6.45, 7) is 10.4. The second-order valence-electron chi connectivity index (χ2n) is 1.96. The summed E-state index contributed by atoms with van der Waals surface area (Å²) in [6, 6.07) is 0. The Kier molecular flexibility index (Phi) is 10.5. The molecule has 0 aliphatic rings. The molecule has 0 saturated carbocycles. The van der Waals surface area contributed by atoms with E-state index in [-0.39, 0.29) is 11.5 Å². The van der Waals surface area contributed by atoms with Gasteiger partial charge < -0.3 is 10.8 Å². The van der Waals surface area contributed by atoms with Crippen molar-refractivity contribution >= 4 is 0 Å². The number of aliphatic hydroxyl groups excluding tert-OH is 1. The normalized spacial score (nSPS) is 10.3. The van der Waals surface area contributed by atoms with E-state index in [0.717, 1.165) is 0 Å². The van der Waals surface area contributed by atoms with Crippen LogP contribution in [0.2, 0.25) is 0 Å². The van der Waals surface area contributed by atoms with Crippen molar-refractivity contribution in [3.63, 3.8) is 0 Å². The fourth-order valence-corrected chi connectivity index (χ4v) is 0.321. The summed E-state index contributed by atoms with van der Waals surface area (Å²) in [6.07, 6.45) is 7.06. The number of nitrogens with two attached hydrogens (primary N) is 1. The smallest absolute Gasteiger partial charge is 0.133 e.